The molecule has 2 N–H and O–H groups in total. The normalized spacial score (nSPS) is 22.1. The zero-order valence-electron chi connectivity index (χ0n) is 13.4. The lowest BCUT2D eigenvalue weighted by Crippen LogP contribution is -2.46. The van der Waals surface area contributed by atoms with E-state index in [1.165, 1.54) is 26.2 Å². The van der Waals surface area contributed by atoms with Crippen molar-refractivity contribution in [3.8, 4) is 0 Å². The molecule has 1 saturated heterocycles. The number of nitro benzene ring substituents is 1. The van der Waals surface area contributed by atoms with Crippen LogP contribution in [0.5, 0.6) is 0 Å². The summed E-state index contributed by atoms with van der Waals surface area (Å²) in [7, 11) is -0.922. The minimum Gasteiger partial charge on any atom is -0.375 e. The van der Waals surface area contributed by atoms with Crippen LogP contribution in [0.25, 0.3) is 0 Å². The summed E-state index contributed by atoms with van der Waals surface area (Å²) in [6.07, 6.45) is 1.89. The Balaban J connectivity index is 2.36. The largest absolute Gasteiger partial charge is 0.375 e. The maximum absolute atomic E-state index is 12.1. The van der Waals surface area contributed by atoms with E-state index in [1.807, 2.05) is 6.92 Å². The summed E-state index contributed by atoms with van der Waals surface area (Å²) in [4.78, 5) is 10.7. The Hall–Kier alpha value is -1.71. The molecule has 23 heavy (non-hydrogen) atoms. The van der Waals surface area contributed by atoms with E-state index in [4.69, 9.17) is 0 Å². The molecule has 0 saturated carbocycles. The summed E-state index contributed by atoms with van der Waals surface area (Å²) < 4.78 is 25.3. The van der Waals surface area contributed by atoms with Gasteiger partial charge in [0.2, 0.25) is 10.0 Å². The van der Waals surface area contributed by atoms with Crippen molar-refractivity contribution < 1.29 is 13.3 Å². The van der Waals surface area contributed by atoms with Crippen molar-refractivity contribution in [2.45, 2.75) is 36.7 Å². The Bertz CT molecular complexity index is 690. The molecule has 0 radical (unpaired) electrons. The van der Waals surface area contributed by atoms with Crippen LogP contribution in [0.2, 0.25) is 0 Å². The lowest BCUT2D eigenvalue weighted by Gasteiger charge is -2.31. The first-order chi connectivity index (χ1) is 10.7. The molecule has 1 aliphatic heterocycles. The molecule has 0 amide bonds. The maximum Gasteiger partial charge on any atom is 0.293 e. The van der Waals surface area contributed by atoms with Crippen molar-refractivity contribution in [2.75, 3.05) is 26.0 Å². The molecule has 128 valence electrons. The molecule has 0 aromatic heterocycles. The smallest absolute Gasteiger partial charge is 0.293 e. The lowest BCUT2D eigenvalue weighted by atomic mass is 9.99. The number of nitrogens with zero attached hydrogens (tertiary/aromatic N) is 2. The van der Waals surface area contributed by atoms with Crippen LogP contribution in [0.15, 0.2) is 23.1 Å². The first kappa shape index (κ1) is 17.6. The zero-order chi connectivity index (χ0) is 17.2. The SMILES string of the molecule is CC1NCCCC1Nc1ccc(S(=O)(=O)N(C)C)cc1[N+](=O)[O-]. The van der Waals surface area contributed by atoms with Gasteiger partial charge in [-0.15, -0.1) is 0 Å². The van der Waals surface area contributed by atoms with E-state index in [0.29, 0.717) is 5.69 Å². The van der Waals surface area contributed by atoms with Crippen molar-refractivity contribution in [1.29, 1.82) is 0 Å². The maximum atomic E-state index is 12.1. The van der Waals surface area contributed by atoms with Gasteiger partial charge in [0.25, 0.3) is 5.69 Å². The highest BCUT2D eigenvalue weighted by Gasteiger charge is 2.26. The second-order valence-corrected chi connectivity index (χ2v) is 8.01. The fourth-order valence-electron chi connectivity index (χ4n) is 2.60. The molecule has 1 aromatic rings. The summed E-state index contributed by atoms with van der Waals surface area (Å²) >= 11 is 0. The molecule has 9 heteroatoms. The second kappa shape index (κ2) is 6.81. The fourth-order valence-corrected chi connectivity index (χ4v) is 3.52. The average Bonchev–Trinajstić information content (AvgIpc) is 2.49. The third-order valence-electron chi connectivity index (χ3n) is 4.05. The van der Waals surface area contributed by atoms with Crippen LogP contribution in [0.1, 0.15) is 19.8 Å². The lowest BCUT2D eigenvalue weighted by molar-refractivity contribution is -0.384. The number of hydrogen-bond acceptors (Lipinski definition) is 6. The van der Waals surface area contributed by atoms with Crippen molar-refractivity contribution >= 4 is 21.4 Å². The van der Waals surface area contributed by atoms with E-state index in [1.54, 1.807) is 0 Å². The van der Waals surface area contributed by atoms with Crippen LogP contribution in [0, 0.1) is 10.1 Å². The van der Waals surface area contributed by atoms with Gasteiger partial charge in [-0.25, -0.2) is 12.7 Å². The Labute approximate surface area is 136 Å². The minimum atomic E-state index is -3.70. The molecule has 0 spiro atoms. The number of anilines is 1. The van der Waals surface area contributed by atoms with Gasteiger partial charge in [-0.1, -0.05) is 0 Å². The topological polar surface area (TPSA) is 105 Å². The number of nitro groups is 1. The summed E-state index contributed by atoms with van der Waals surface area (Å²) in [5.74, 6) is 0. The fraction of sp³-hybridized carbons (Fsp3) is 0.571. The van der Waals surface area contributed by atoms with Crippen molar-refractivity contribution in [3.63, 3.8) is 0 Å². The van der Waals surface area contributed by atoms with Gasteiger partial charge in [-0.2, -0.15) is 0 Å². The summed E-state index contributed by atoms with van der Waals surface area (Å²) in [6.45, 7) is 2.95. The average molecular weight is 342 g/mol. The highest BCUT2D eigenvalue weighted by molar-refractivity contribution is 7.89. The molecule has 0 aliphatic carbocycles. The third-order valence-corrected chi connectivity index (χ3v) is 5.86. The van der Waals surface area contributed by atoms with E-state index in [-0.39, 0.29) is 22.7 Å². The van der Waals surface area contributed by atoms with Crippen LogP contribution in [-0.2, 0) is 10.0 Å². The summed E-state index contributed by atoms with van der Waals surface area (Å²) in [5.41, 5.74) is 0.110. The number of piperidine rings is 1. The summed E-state index contributed by atoms with van der Waals surface area (Å²) in [6, 6.07) is 4.23. The van der Waals surface area contributed by atoms with Gasteiger partial charge >= 0.3 is 0 Å². The molecule has 1 aliphatic rings. The minimum absolute atomic E-state index is 0.0683. The monoisotopic (exact) mass is 342 g/mol. The van der Waals surface area contributed by atoms with E-state index >= 15 is 0 Å². The number of rotatable bonds is 5. The number of sulfonamides is 1. The first-order valence-electron chi connectivity index (χ1n) is 7.44. The van der Waals surface area contributed by atoms with E-state index in [0.717, 1.165) is 29.8 Å². The second-order valence-electron chi connectivity index (χ2n) is 5.86. The Morgan fingerprint density at radius 1 is 1.39 bits per heavy atom. The van der Waals surface area contributed by atoms with Crippen LogP contribution < -0.4 is 10.6 Å². The quantitative estimate of drug-likeness (QED) is 0.619. The number of benzene rings is 1. The molecule has 0 bridgehead atoms. The van der Waals surface area contributed by atoms with Gasteiger partial charge in [0.05, 0.1) is 9.82 Å². The highest BCUT2D eigenvalue weighted by Crippen LogP contribution is 2.30. The van der Waals surface area contributed by atoms with Crippen LogP contribution >= 0.6 is 0 Å². The van der Waals surface area contributed by atoms with Crippen LogP contribution in [0.4, 0.5) is 11.4 Å². The van der Waals surface area contributed by atoms with Crippen molar-refractivity contribution in [2.24, 2.45) is 0 Å². The summed E-state index contributed by atoms with van der Waals surface area (Å²) in [5, 5.41) is 17.8. The standard InChI is InChI=1S/C14H22N4O4S/c1-10-12(5-4-8-15-10)16-13-7-6-11(9-14(13)18(19)20)23(21,22)17(2)3/h6-7,9-10,12,15-16H,4-5,8H2,1-3H3. The predicted octanol–water partition coefficient (Wildman–Crippen LogP) is 1.40. The molecule has 8 nitrogen and oxygen atoms in total. The van der Waals surface area contributed by atoms with Gasteiger partial charge in [0, 0.05) is 32.2 Å². The van der Waals surface area contributed by atoms with Gasteiger partial charge in [-0.3, -0.25) is 10.1 Å². The van der Waals surface area contributed by atoms with E-state index < -0.39 is 14.9 Å². The molecule has 2 rings (SSSR count). The number of hydrogen-bond donors (Lipinski definition) is 2. The Morgan fingerprint density at radius 3 is 2.65 bits per heavy atom. The molecular formula is C14H22N4O4S. The number of nitrogens with one attached hydrogen (secondary N) is 2. The molecule has 2 unspecified atom stereocenters. The highest BCUT2D eigenvalue weighted by atomic mass is 32.2. The molecule has 2 atom stereocenters. The Morgan fingerprint density at radius 2 is 2.09 bits per heavy atom. The van der Waals surface area contributed by atoms with Crippen molar-refractivity contribution in [3.05, 3.63) is 28.3 Å². The van der Waals surface area contributed by atoms with Crippen LogP contribution in [-0.4, -0.2) is 50.4 Å². The zero-order valence-corrected chi connectivity index (χ0v) is 14.3. The first-order valence-corrected chi connectivity index (χ1v) is 8.88. The molecule has 1 heterocycles. The molecular weight excluding hydrogens is 320 g/mol. The van der Waals surface area contributed by atoms with Gasteiger partial charge in [0.15, 0.2) is 0 Å². The van der Waals surface area contributed by atoms with Gasteiger partial charge in [0.1, 0.15) is 5.69 Å². The molecule has 1 aromatic carbocycles. The van der Waals surface area contributed by atoms with E-state index in [2.05, 4.69) is 10.6 Å². The predicted molar refractivity (Wildman–Crippen MR) is 88.1 cm³/mol. The van der Waals surface area contributed by atoms with Gasteiger partial charge in [-0.05, 0) is 38.4 Å². The van der Waals surface area contributed by atoms with Crippen molar-refractivity contribution in [1.82, 2.24) is 9.62 Å². The van der Waals surface area contributed by atoms with E-state index in [9.17, 15) is 18.5 Å². The molecule has 1 fully saturated rings. The van der Waals surface area contributed by atoms with Gasteiger partial charge < -0.3 is 10.6 Å². The Kier molecular flexibility index (Phi) is 5.23. The third kappa shape index (κ3) is 3.80. The van der Waals surface area contributed by atoms with Crippen LogP contribution in [0.3, 0.4) is 0 Å².